The average molecular weight is 392 g/mol. The molecule has 1 aromatic carbocycles. The van der Waals surface area contributed by atoms with Crippen molar-refractivity contribution in [3.8, 4) is 0 Å². The molecule has 2 heterocycles. The van der Waals surface area contributed by atoms with Gasteiger partial charge in [-0.2, -0.15) is 0 Å². The van der Waals surface area contributed by atoms with Gasteiger partial charge in [0.1, 0.15) is 0 Å². The number of hydrogen-bond donors (Lipinski definition) is 1. The van der Waals surface area contributed by atoms with Crippen LogP contribution in [0.1, 0.15) is 43.2 Å². The normalized spacial score (nSPS) is 20.9. The lowest BCUT2D eigenvalue weighted by molar-refractivity contribution is -0.128. The minimum absolute atomic E-state index is 0.000646. The Hall–Kier alpha value is -1.59. The number of halogens is 1. The Morgan fingerprint density at radius 2 is 2.07 bits per heavy atom. The van der Waals surface area contributed by atoms with Crippen molar-refractivity contribution in [1.29, 1.82) is 0 Å². The Bertz CT molecular complexity index is 684. The van der Waals surface area contributed by atoms with Gasteiger partial charge < -0.3 is 15.1 Å². The maximum atomic E-state index is 12.4. The van der Waals surface area contributed by atoms with Crippen molar-refractivity contribution in [2.75, 3.05) is 38.0 Å². The quantitative estimate of drug-likeness (QED) is 0.805. The second-order valence-electron chi connectivity index (χ2n) is 7.99. The van der Waals surface area contributed by atoms with E-state index >= 15 is 0 Å². The van der Waals surface area contributed by atoms with Gasteiger partial charge in [0.15, 0.2) is 0 Å². The van der Waals surface area contributed by atoms with Crippen LogP contribution >= 0.6 is 11.6 Å². The number of aryl methyl sites for hydroxylation is 2. The standard InChI is InChI=1S/C21H30ClN3O2/c1-15-11-16(2)21(18(22)12-15)23-19(26)7-10-24-8-3-5-17(13-24)14-25-9-4-6-20(25)27/h11-12,17H,3-10,13-14H2,1-2H3,(H,23,26). The van der Waals surface area contributed by atoms with E-state index in [2.05, 4.69) is 10.2 Å². The van der Waals surface area contributed by atoms with Gasteiger partial charge in [-0.15, -0.1) is 0 Å². The predicted octanol–water partition coefficient (Wildman–Crippen LogP) is 3.62. The molecule has 0 aliphatic carbocycles. The smallest absolute Gasteiger partial charge is 0.225 e. The zero-order valence-electron chi connectivity index (χ0n) is 16.4. The minimum Gasteiger partial charge on any atom is -0.342 e. The fourth-order valence-electron chi connectivity index (χ4n) is 4.25. The monoisotopic (exact) mass is 391 g/mol. The Balaban J connectivity index is 1.46. The molecule has 5 nitrogen and oxygen atoms in total. The molecule has 0 radical (unpaired) electrons. The summed E-state index contributed by atoms with van der Waals surface area (Å²) in [4.78, 5) is 28.6. The molecule has 2 saturated heterocycles. The summed E-state index contributed by atoms with van der Waals surface area (Å²) in [6.45, 7) is 8.49. The number of likely N-dealkylation sites (tertiary alicyclic amines) is 2. The van der Waals surface area contributed by atoms with Crippen molar-refractivity contribution in [3.05, 3.63) is 28.3 Å². The first-order valence-electron chi connectivity index (χ1n) is 9.99. The van der Waals surface area contributed by atoms with Gasteiger partial charge >= 0.3 is 0 Å². The third-order valence-electron chi connectivity index (χ3n) is 5.60. The van der Waals surface area contributed by atoms with Gasteiger partial charge in [0.25, 0.3) is 0 Å². The van der Waals surface area contributed by atoms with Crippen LogP contribution in [0.25, 0.3) is 0 Å². The molecule has 2 fully saturated rings. The van der Waals surface area contributed by atoms with Crippen LogP contribution in [-0.2, 0) is 9.59 Å². The van der Waals surface area contributed by atoms with Crippen LogP contribution in [0.4, 0.5) is 5.69 Å². The Kier molecular flexibility index (Phi) is 6.77. The lowest BCUT2D eigenvalue weighted by Crippen LogP contribution is -2.42. The van der Waals surface area contributed by atoms with Crippen molar-refractivity contribution in [2.45, 2.75) is 46.0 Å². The number of piperidine rings is 1. The van der Waals surface area contributed by atoms with Crippen LogP contribution in [-0.4, -0.2) is 54.3 Å². The van der Waals surface area contributed by atoms with Gasteiger partial charge in [-0.05, 0) is 62.8 Å². The number of benzene rings is 1. The first-order valence-corrected chi connectivity index (χ1v) is 10.4. The van der Waals surface area contributed by atoms with Crippen molar-refractivity contribution in [3.63, 3.8) is 0 Å². The second kappa shape index (κ2) is 9.07. The molecular formula is C21H30ClN3O2. The summed E-state index contributed by atoms with van der Waals surface area (Å²) in [6.07, 6.45) is 4.47. The number of amides is 2. The summed E-state index contributed by atoms with van der Waals surface area (Å²) in [6, 6.07) is 3.90. The molecule has 3 rings (SSSR count). The van der Waals surface area contributed by atoms with E-state index in [0.717, 1.165) is 62.4 Å². The molecule has 2 aliphatic rings. The van der Waals surface area contributed by atoms with E-state index in [1.54, 1.807) is 0 Å². The van der Waals surface area contributed by atoms with Crippen LogP contribution < -0.4 is 5.32 Å². The lowest BCUT2D eigenvalue weighted by atomic mass is 9.97. The van der Waals surface area contributed by atoms with Crippen LogP contribution in [0, 0.1) is 19.8 Å². The summed E-state index contributed by atoms with van der Waals surface area (Å²) in [5, 5.41) is 3.56. The van der Waals surface area contributed by atoms with Gasteiger partial charge in [0.2, 0.25) is 11.8 Å². The predicted molar refractivity (Wildman–Crippen MR) is 109 cm³/mol. The van der Waals surface area contributed by atoms with E-state index in [-0.39, 0.29) is 5.91 Å². The third-order valence-corrected chi connectivity index (χ3v) is 5.90. The van der Waals surface area contributed by atoms with E-state index in [1.165, 1.54) is 6.42 Å². The third kappa shape index (κ3) is 5.45. The van der Waals surface area contributed by atoms with E-state index in [4.69, 9.17) is 11.6 Å². The number of carbonyl (C=O) groups excluding carboxylic acids is 2. The number of anilines is 1. The SMILES string of the molecule is Cc1cc(C)c(NC(=O)CCN2CCCC(CN3CCCC3=O)C2)c(Cl)c1. The fourth-order valence-corrected chi connectivity index (χ4v) is 4.62. The molecule has 1 aromatic rings. The van der Waals surface area contributed by atoms with Gasteiger partial charge in [-0.25, -0.2) is 0 Å². The highest BCUT2D eigenvalue weighted by molar-refractivity contribution is 6.34. The number of hydrogen-bond acceptors (Lipinski definition) is 3. The first kappa shape index (κ1) is 20.2. The molecule has 1 N–H and O–H groups in total. The Labute approximate surface area is 167 Å². The van der Waals surface area contributed by atoms with Crippen LogP contribution in [0.2, 0.25) is 5.02 Å². The number of rotatable bonds is 6. The molecule has 0 aromatic heterocycles. The number of nitrogens with zero attached hydrogens (tertiary/aromatic N) is 2. The van der Waals surface area contributed by atoms with Gasteiger partial charge in [-0.1, -0.05) is 17.7 Å². The average Bonchev–Trinajstić information content (AvgIpc) is 3.01. The highest BCUT2D eigenvalue weighted by Crippen LogP contribution is 2.27. The minimum atomic E-state index is 0.000646. The van der Waals surface area contributed by atoms with Crippen molar-refractivity contribution in [1.82, 2.24) is 9.80 Å². The van der Waals surface area contributed by atoms with Gasteiger partial charge in [0, 0.05) is 39.0 Å². The van der Waals surface area contributed by atoms with Crippen LogP contribution in [0.15, 0.2) is 12.1 Å². The zero-order chi connectivity index (χ0) is 19.4. The topological polar surface area (TPSA) is 52.7 Å². The number of nitrogens with one attached hydrogen (secondary N) is 1. The largest absolute Gasteiger partial charge is 0.342 e. The summed E-state index contributed by atoms with van der Waals surface area (Å²) in [5.41, 5.74) is 2.80. The first-order chi connectivity index (χ1) is 12.9. The molecule has 0 saturated carbocycles. The molecular weight excluding hydrogens is 362 g/mol. The summed E-state index contributed by atoms with van der Waals surface area (Å²) >= 11 is 6.28. The molecule has 2 amide bonds. The number of carbonyl (C=O) groups is 2. The molecule has 1 atom stereocenters. The van der Waals surface area contributed by atoms with Gasteiger partial charge in [-0.3, -0.25) is 9.59 Å². The van der Waals surface area contributed by atoms with E-state index < -0.39 is 0 Å². The second-order valence-corrected chi connectivity index (χ2v) is 8.40. The summed E-state index contributed by atoms with van der Waals surface area (Å²) in [5.74, 6) is 0.829. The van der Waals surface area contributed by atoms with Crippen molar-refractivity contribution in [2.24, 2.45) is 5.92 Å². The molecule has 1 unspecified atom stereocenters. The molecule has 6 heteroatoms. The zero-order valence-corrected chi connectivity index (χ0v) is 17.1. The maximum Gasteiger partial charge on any atom is 0.225 e. The van der Waals surface area contributed by atoms with E-state index in [9.17, 15) is 9.59 Å². The molecule has 0 bridgehead atoms. The fraction of sp³-hybridized carbons (Fsp3) is 0.619. The van der Waals surface area contributed by atoms with E-state index in [1.807, 2.05) is 30.9 Å². The van der Waals surface area contributed by atoms with Crippen LogP contribution in [0.5, 0.6) is 0 Å². The summed E-state index contributed by atoms with van der Waals surface area (Å²) in [7, 11) is 0. The van der Waals surface area contributed by atoms with Crippen LogP contribution in [0.3, 0.4) is 0 Å². The lowest BCUT2D eigenvalue weighted by Gasteiger charge is -2.34. The highest BCUT2D eigenvalue weighted by Gasteiger charge is 2.26. The Morgan fingerprint density at radius 1 is 1.26 bits per heavy atom. The van der Waals surface area contributed by atoms with Crippen molar-refractivity contribution < 1.29 is 9.59 Å². The summed E-state index contributed by atoms with van der Waals surface area (Å²) < 4.78 is 0. The maximum absolute atomic E-state index is 12.4. The van der Waals surface area contributed by atoms with Crippen molar-refractivity contribution >= 4 is 29.1 Å². The highest BCUT2D eigenvalue weighted by atomic mass is 35.5. The molecule has 2 aliphatic heterocycles. The van der Waals surface area contributed by atoms with Gasteiger partial charge in [0.05, 0.1) is 10.7 Å². The van der Waals surface area contributed by atoms with E-state index in [0.29, 0.717) is 29.7 Å². The molecule has 148 valence electrons. The molecule has 27 heavy (non-hydrogen) atoms. The Morgan fingerprint density at radius 3 is 2.78 bits per heavy atom. The molecule has 0 spiro atoms.